The van der Waals surface area contributed by atoms with Crippen LogP contribution in [0.3, 0.4) is 0 Å². The van der Waals surface area contributed by atoms with Gasteiger partial charge in [-0.2, -0.15) is 0 Å². The van der Waals surface area contributed by atoms with E-state index >= 15 is 0 Å². The third-order valence-corrected chi connectivity index (χ3v) is 1.50. The molecule has 0 aromatic carbocycles. The van der Waals surface area contributed by atoms with Gasteiger partial charge in [0, 0.05) is 6.92 Å². The van der Waals surface area contributed by atoms with Crippen LogP contribution >= 0.6 is 21.6 Å². The number of hydrogen-bond acceptors (Lipinski definition) is 3. The first-order valence-corrected chi connectivity index (χ1v) is 4.88. The van der Waals surface area contributed by atoms with E-state index in [1.54, 1.807) is 21.6 Å². The summed E-state index contributed by atoms with van der Waals surface area (Å²) in [7, 11) is 3.55. The average molecular weight is 154 g/mol. The van der Waals surface area contributed by atoms with Crippen molar-refractivity contribution in [2.45, 2.75) is 6.92 Å². The highest BCUT2D eigenvalue weighted by molar-refractivity contribution is 8.76. The first-order valence-electron chi connectivity index (χ1n) is 1.91. The standard InChI is InChI=1S/C2H4O2.C2H6S2/c1-2(3)4;1-3-4-2/h1H3,(H,3,4);1-2H3. The number of carboxylic acid groups (broad SMARTS) is 1. The van der Waals surface area contributed by atoms with Crippen molar-refractivity contribution in [1.82, 2.24) is 0 Å². The van der Waals surface area contributed by atoms with Crippen LogP contribution in [0.5, 0.6) is 0 Å². The van der Waals surface area contributed by atoms with Gasteiger partial charge in [0.05, 0.1) is 0 Å². The van der Waals surface area contributed by atoms with Crippen LogP contribution in [-0.2, 0) is 4.79 Å². The zero-order valence-electron chi connectivity index (χ0n) is 5.17. The highest BCUT2D eigenvalue weighted by Crippen LogP contribution is 2.09. The molecule has 0 unspecified atom stereocenters. The molecule has 0 rings (SSSR count). The molecule has 0 aromatic rings. The lowest BCUT2D eigenvalue weighted by atomic mass is 10.9. The Hall–Kier alpha value is 0.170. The minimum atomic E-state index is -0.833. The molecule has 0 radical (unpaired) electrons. The molecule has 0 aromatic heterocycles. The van der Waals surface area contributed by atoms with Crippen molar-refractivity contribution in [3.63, 3.8) is 0 Å². The van der Waals surface area contributed by atoms with Gasteiger partial charge in [-0.05, 0) is 12.5 Å². The van der Waals surface area contributed by atoms with Crippen molar-refractivity contribution >= 4 is 27.6 Å². The average Bonchev–Trinajstić information content (AvgIpc) is 1.65. The maximum Gasteiger partial charge on any atom is 0.300 e. The molecule has 8 heavy (non-hydrogen) atoms. The van der Waals surface area contributed by atoms with E-state index in [1.807, 2.05) is 0 Å². The van der Waals surface area contributed by atoms with E-state index in [4.69, 9.17) is 9.90 Å². The zero-order chi connectivity index (χ0) is 6.99. The van der Waals surface area contributed by atoms with E-state index in [0.29, 0.717) is 0 Å². The molecule has 0 spiro atoms. The van der Waals surface area contributed by atoms with Gasteiger partial charge in [-0.3, -0.25) is 4.79 Å². The monoisotopic (exact) mass is 154 g/mol. The van der Waals surface area contributed by atoms with Crippen LogP contribution in [0.4, 0.5) is 0 Å². The summed E-state index contributed by atoms with van der Waals surface area (Å²) in [5.74, 6) is -0.833. The topological polar surface area (TPSA) is 37.3 Å². The Labute approximate surface area is 57.4 Å². The summed E-state index contributed by atoms with van der Waals surface area (Å²) < 4.78 is 0. The third kappa shape index (κ3) is 120. The van der Waals surface area contributed by atoms with Gasteiger partial charge in [-0.15, -0.1) is 0 Å². The van der Waals surface area contributed by atoms with E-state index in [1.165, 1.54) is 0 Å². The van der Waals surface area contributed by atoms with E-state index in [9.17, 15) is 0 Å². The summed E-state index contributed by atoms with van der Waals surface area (Å²) in [6.07, 6.45) is 4.12. The molecule has 0 saturated heterocycles. The van der Waals surface area contributed by atoms with Crippen LogP contribution < -0.4 is 0 Å². The summed E-state index contributed by atoms with van der Waals surface area (Å²) in [6, 6.07) is 0. The van der Waals surface area contributed by atoms with Crippen molar-refractivity contribution < 1.29 is 9.90 Å². The molecular formula is C4H10O2S2. The molecule has 0 bridgehead atoms. The number of carbonyl (C=O) groups is 1. The van der Waals surface area contributed by atoms with Crippen LogP contribution in [0.2, 0.25) is 0 Å². The van der Waals surface area contributed by atoms with Crippen LogP contribution in [0, 0.1) is 0 Å². The fourth-order valence-electron chi connectivity index (χ4n) is 0. The van der Waals surface area contributed by atoms with Gasteiger partial charge in [0.1, 0.15) is 0 Å². The van der Waals surface area contributed by atoms with Gasteiger partial charge in [-0.1, -0.05) is 21.6 Å². The normalized spacial score (nSPS) is 6.88. The molecule has 0 aliphatic carbocycles. The van der Waals surface area contributed by atoms with Crippen molar-refractivity contribution in [2.75, 3.05) is 12.5 Å². The Morgan fingerprint density at radius 2 is 1.50 bits per heavy atom. The van der Waals surface area contributed by atoms with Gasteiger partial charge in [-0.25, -0.2) is 0 Å². The van der Waals surface area contributed by atoms with E-state index in [-0.39, 0.29) is 0 Å². The summed E-state index contributed by atoms with van der Waals surface area (Å²) in [5, 5.41) is 7.42. The van der Waals surface area contributed by atoms with Crippen molar-refractivity contribution in [3.05, 3.63) is 0 Å². The van der Waals surface area contributed by atoms with Crippen LogP contribution in [0.1, 0.15) is 6.92 Å². The quantitative estimate of drug-likeness (QED) is 0.583. The Kier molecular flexibility index (Phi) is 14.1. The maximum absolute atomic E-state index is 9.00. The van der Waals surface area contributed by atoms with Crippen molar-refractivity contribution in [1.29, 1.82) is 0 Å². The lowest BCUT2D eigenvalue weighted by molar-refractivity contribution is -0.134. The molecule has 50 valence electrons. The van der Waals surface area contributed by atoms with E-state index < -0.39 is 5.97 Å². The number of aliphatic carboxylic acids is 1. The lowest BCUT2D eigenvalue weighted by Crippen LogP contribution is -1.78. The molecule has 1 N–H and O–H groups in total. The fourth-order valence-corrected chi connectivity index (χ4v) is 0. The Morgan fingerprint density at radius 3 is 1.50 bits per heavy atom. The molecule has 0 atom stereocenters. The summed E-state index contributed by atoms with van der Waals surface area (Å²) >= 11 is 0. The zero-order valence-corrected chi connectivity index (χ0v) is 6.80. The molecule has 0 aliphatic heterocycles. The summed E-state index contributed by atoms with van der Waals surface area (Å²) in [5.41, 5.74) is 0. The SMILES string of the molecule is CC(=O)O.CSSC. The second-order valence-corrected chi connectivity index (χ2v) is 3.52. The third-order valence-electron chi connectivity index (χ3n) is 0.167. The van der Waals surface area contributed by atoms with E-state index in [0.717, 1.165) is 6.92 Å². The van der Waals surface area contributed by atoms with Crippen molar-refractivity contribution in [2.24, 2.45) is 0 Å². The molecule has 2 nitrogen and oxygen atoms in total. The lowest BCUT2D eigenvalue weighted by Gasteiger charge is -1.69. The predicted molar refractivity (Wildman–Crippen MR) is 40.3 cm³/mol. The minimum absolute atomic E-state index is 0.833. The highest BCUT2D eigenvalue weighted by Gasteiger charge is 1.65. The smallest absolute Gasteiger partial charge is 0.300 e. The van der Waals surface area contributed by atoms with Gasteiger partial charge < -0.3 is 5.11 Å². The summed E-state index contributed by atoms with van der Waals surface area (Å²) in [6.45, 7) is 1.08. The van der Waals surface area contributed by atoms with Gasteiger partial charge in [0.15, 0.2) is 0 Å². The molecule has 0 saturated carbocycles. The molecule has 0 amide bonds. The molecular weight excluding hydrogens is 144 g/mol. The first-order chi connectivity index (χ1) is 3.65. The number of carboxylic acids is 1. The Balaban J connectivity index is 0. The van der Waals surface area contributed by atoms with Gasteiger partial charge in [0.2, 0.25) is 0 Å². The molecule has 0 fully saturated rings. The second-order valence-electron chi connectivity index (χ2n) is 0.852. The van der Waals surface area contributed by atoms with Gasteiger partial charge >= 0.3 is 0 Å². The molecule has 4 heteroatoms. The fraction of sp³-hybridized carbons (Fsp3) is 0.750. The van der Waals surface area contributed by atoms with Crippen LogP contribution in [0.25, 0.3) is 0 Å². The van der Waals surface area contributed by atoms with Crippen LogP contribution in [0.15, 0.2) is 0 Å². The number of rotatable bonds is 1. The van der Waals surface area contributed by atoms with Crippen molar-refractivity contribution in [3.8, 4) is 0 Å². The highest BCUT2D eigenvalue weighted by atomic mass is 33.1. The minimum Gasteiger partial charge on any atom is -0.481 e. The maximum atomic E-state index is 9.00. The predicted octanol–water partition coefficient (Wildman–Crippen LogP) is 1.72. The van der Waals surface area contributed by atoms with Gasteiger partial charge in [0.25, 0.3) is 5.97 Å². The summed E-state index contributed by atoms with van der Waals surface area (Å²) in [4.78, 5) is 9.00. The largest absolute Gasteiger partial charge is 0.481 e. The Bertz CT molecular complexity index is 50.0. The van der Waals surface area contributed by atoms with E-state index in [2.05, 4.69) is 12.5 Å². The molecule has 0 aliphatic rings. The number of hydrogen-bond donors (Lipinski definition) is 1. The first kappa shape index (κ1) is 11.0. The molecule has 0 heterocycles. The Morgan fingerprint density at radius 1 is 1.38 bits per heavy atom. The van der Waals surface area contributed by atoms with Crippen LogP contribution in [-0.4, -0.2) is 23.6 Å². The second kappa shape index (κ2) is 10.2.